The van der Waals surface area contributed by atoms with Crippen molar-refractivity contribution in [2.24, 2.45) is 0 Å². The zero-order valence-corrected chi connectivity index (χ0v) is 16.0. The number of phenols is 1. The summed E-state index contributed by atoms with van der Waals surface area (Å²) in [5.74, 6) is 0.172. The number of halogens is 2. The van der Waals surface area contributed by atoms with E-state index in [1.807, 2.05) is 6.07 Å². The molecule has 0 bridgehead atoms. The fourth-order valence-electron chi connectivity index (χ4n) is 2.58. The van der Waals surface area contributed by atoms with Crippen molar-refractivity contribution in [3.05, 3.63) is 64.7 Å². The first-order chi connectivity index (χ1) is 10.7. The van der Waals surface area contributed by atoms with Crippen molar-refractivity contribution in [3.8, 4) is 5.75 Å². The van der Waals surface area contributed by atoms with Crippen LogP contribution in [0.4, 0.5) is 0 Å². The van der Waals surface area contributed by atoms with Gasteiger partial charge >= 0.3 is 0 Å². The summed E-state index contributed by atoms with van der Waals surface area (Å²) in [5.41, 5.74) is 2.51. The van der Waals surface area contributed by atoms with E-state index in [2.05, 4.69) is 42.2 Å². The van der Waals surface area contributed by atoms with Crippen LogP contribution in [-0.2, 0) is 12.8 Å². The highest BCUT2D eigenvalue weighted by atomic mass is 79.9. The summed E-state index contributed by atoms with van der Waals surface area (Å²) < 4.78 is 0. The summed E-state index contributed by atoms with van der Waals surface area (Å²) in [7, 11) is 0. The van der Waals surface area contributed by atoms with Gasteiger partial charge in [0.25, 0.3) is 0 Å². The standard InChI is InChI=1S/C19H24ClNO.BrH/c1-2-12-21(13-10-16-6-4-3-5-7-16)14-11-17-8-9-18(20)19(22)15-17;/h3-9,15,22H,2,10-14H2,1H3;1H. The van der Waals surface area contributed by atoms with Gasteiger partial charge in [-0.2, -0.15) is 0 Å². The molecule has 0 fully saturated rings. The maximum absolute atomic E-state index is 9.68. The lowest BCUT2D eigenvalue weighted by atomic mass is 10.1. The summed E-state index contributed by atoms with van der Waals surface area (Å²) >= 11 is 5.85. The first-order valence-corrected chi connectivity index (χ1v) is 8.30. The second kappa shape index (κ2) is 10.7. The van der Waals surface area contributed by atoms with Crippen LogP contribution in [0.2, 0.25) is 5.02 Å². The van der Waals surface area contributed by atoms with Crippen molar-refractivity contribution in [2.75, 3.05) is 19.6 Å². The number of phenolic OH excluding ortho intramolecular Hbond substituents is 1. The topological polar surface area (TPSA) is 23.5 Å². The Balaban J connectivity index is 0.00000264. The van der Waals surface area contributed by atoms with Crippen LogP contribution in [0.1, 0.15) is 24.5 Å². The lowest BCUT2D eigenvalue weighted by Crippen LogP contribution is -2.29. The van der Waals surface area contributed by atoms with Crippen molar-refractivity contribution >= 4 is 28.6 Å². The highest BCUT2D eigenvalue weighted by molar-refractivity contribution is 8.93. The van der Waals surface area contributed by atoms with Crippen LogP contribution < -0.4 is 0 Å². The van der Waals surface area contributed by atoms with Crippen molar-refractivity contribution in [2.45, 2.75) is 26.2 Å². The first-order valence-electron chi connectivity index (χ1n) is 7.92. The second-order valence-corrected chi connectivity index (χ2v) is 6.02. The van der Waals surface area contributed by atoms with E-state index in [1.165, 1.54) is 5.56 Å². The van der Waals surface area contributed by atoms with Gasteiger partial charge in [0, 0.05) is 13.1 Å². The van der Waals surface area contributed by atoms with Crippen LogP contribution in [0.5, 0.6) is 5.75 Å². The Morgan fingerprint density at radius 1 is 0.913 bits per heavy atom. The largest absolute Gasteiger partial charge is 0.506 e. The average Bonchev–Trinajstić information content (AvgIpc) is 2.54. The van der Waals surface area contributed by atoms with E-state index in [0.29, 0.717) is 5.02 Å². The van der Waals surface area contributed by atoms with Crippen LogP contribution in [0.3, 0.4) is 0 Å². The monoisotopic (exact) mass is 397 g/mol. The fourth-order valence-corrected chi connectivity index (χ4v) is 2.70. The third-order valence-corrected chi connectivity index (χ3v) is 4.15. The molecular weight excluding hydrogens is 374 g/mol. The van der Waals surface area contributed by atoms with Crippen LogP contribution >= 0.6 is 28.6 Å². The molecule has 0 amide bonds. The quantitative estimate of drug-likeness (QED) is 0.667. The summed E-state index contributed by atoms with van der Waals surface area (Å²) in [6.07, 6.45) is 3.16. The molecule has 126 valence electrons. The highest BCUT2D eigenvalue weighted by Crippen LogP contribution is 2.23. The molecule has 2 nitrogen and oxygen atoms in total. The number of nitrogens with zero attached hydrogens (tertiary/aromatic N) is 1. The molecule has 0 atom stereocenters. The van der Waals surface area contributed by atoms with E-state index >= 15 is 0 Å². The number of hydrogen-bond donors (Lipinski definition) is 1. The van der Waals surface area contributed by atoms with Gasteiger partial charge in [-0.15, -0.1) is 17.0 Å². The van der Waals surface area contributed by atoms with Gasteiger partial charge in [-0.25, -0.2) is 0 Å². The van der Waals surface area contributed by atoms with Crippen molar-refractivity contribution in [1.82, 2.24) is 4.90 Å². The van der Waals surface area contributed by atoms with Gasteiger partial charge in [-0.05, 0) is 49.1 Å². The van der Waals surface area contributed by atoms with Gasteiger partial charge in [0.15, 0.2) is 0 Å². The molecule has 0 aliphatic rings. The van der Waals surface area contributed by atoms with E-state index in [0.717, 1.165) is 44.5 Å². The van der Waals surface area contributed by atoms with Gasteiger partial charge in [0.2, 0.25) is 0 Å². The zero-order valence-electron chi connectivity index (χ0n) is 13.5. The lowest BCUT2D eigenvalue weighted by molar-refractivity contribution is 0.281. The molecule has 1 N–H and O–H groups in total. The van der Waals surface area contributed by atoms with Crippen LogP contribution in [0.15, 0.2) is 48.5 Å². The van der Waals surface area contributed by atoms with Crippen molar-refractivity contribution < 1.29 is 5.11 Å². The van der Waals surface area contributed by atoms with E-state index in [9.17, 15) is 5.11 Å². The fraction of sp³-hybridized carbons (Fsp3) is 0.368. The molecular formula is C19H25BrClNO. The van der Waals surface area contributed by atoms with Gasteiger partial charge in [0.05, 0.1) is 5.02 Å². The maximum Gasteiger partial charge on any atom is 0.134 e. The summed E-state index contributed by atoms with van der Waals surface area (Å²) in [6.45, 7) is 5.38. The molecule has 0 aliphatic heterocycles. The lowest BCUT2D eigenvalue weighted by Gasteiger charge is -2.21. The Morgan fingerprint density at radius 3 is 2.17 bits per heavy atom. The zero-order chi connectivity index (χ0) is 15.8. The third kappa shape index (κ3) is 6.94. The predicted molar refractivity (Wildman–Crippen MR) is 104 cm³/mol. The minimum absolute atomic E-state index is 0. The van der Waals surface area contributed by atoms with Gasteiger partial charge in [0.1, 0.15) is 5.75 Å². The molecule has 4 heteroatoms. The molecule has 0 unspecified atom stereocenters. The Bertz CT molecular complexity index is 577. The molecule has 23 heavy (non-hydrogen) atoms. The average molecular weight is 399 g/mol. The number of benzene rings is 2. The number of rotatable bonds is 8. The highest BCUT2D eigenvalue weighted by Gasteiger charge is 2.06. The summed E-state index contributed by atoms with van der Waals surface area (Å²) in [6, 6.07) is 16.1. The molecule has 0 radical (unpaired) electrons. The first kappa shape index (κ1) is 20.0. The van der Waals surface area contributed by atoms with E-state index < -0.39 is 0 Å². The molecule has 0 heterocycles. The Kier molecular flexibility index (Phi) is 9.30. The molecule has 0 saturated carbocycles. The van der Waals surface area contributed by atoms with Crippen molar-refractivity contribution in [3.63, 3.8) is 0 Å². The van der Waals surface area contributed by atoms with Gasteiger partial charge < -0.3 is 10.0 Å². The third-order valence-electron chi connectivity index (χ3n) is 3.83. The van der Waals surface area contributed by atoms with Crippen LogP contribution in [-0.4, -0.2) is 29.6 Å². The predicted octanol–water partition coefficient (Wildman–Crippen LogP) is 5.12. The molecule has 2 aromatic rings. The van der Waals surface area contributed by atoms with Gasteiger partial charge in [-0.3, -0.25) is 0 Å². The Labute approximate surface area is 154 Å². The molecule has 2 aromatic carbocycles. The SMILES string of the molecule is Br.CCCN(CCc1ccccc1)CCc1ccc(Cl)c(O)c1. The summed E-state index contributed by atoms with van der Waals surface area (Å²) in [4.78, 5) is 2.48. The molecule has 0 aromatic heterocycles. The van der Waals surface area contributed by atoms with E-state index in [1.54, 1.807) is 12.1 Å². The minimum atomic E-state index is 0. The molecule has 0 spiro atoms. The minimum Gasteiger partial charge on any atom is -0.506 e. The van der Waals surface area contributed by atoms with Crippen molar-refractivity contribution in [1.29, 1.82) is 0 Å². The van der Waals surface area contributed by atoms with Crippen LogP contribution in [0, 0.1) is 0 Å². The normalized spacial score (nSPS) is 10.6. The van der Waals surface area contributed by atoms with Crippen LogP contribution in [0.25, 0.3) is 0 Å². The maximum atomic E-state index is 9.68. The molecule has 0 aliphatic carbocycles. The van der Waals surface area contributed by atoms with Gasteiger partial charge in [-0.1, -0.05) is 54.9 Å². The molecule has 0 saturated heterocycles. The van der Waals surface area contributed by atoms with E-state index in [-0.39, 0.29) is 22.7 Å². The number of aromatic hydroxyl groups is 1. The smallest absolute Gasteiger partial charge is 0.134 e. The Hall–Kier alpha value is -1.03. The van der Waals surface area contributed by atoms with E-state index in [4.69, 9.17) is 11.6 Å². The number of hydrogen-bond acceptors (Lipinski definition) is 2. The molecule has 2 rings (SSSR count). The summed E-state index contributed by atoms with van der Waals surface area (Å²) in [5, 5.41) is 10.1. The Morgan fingerprint density at radius 2 is 1.57 bits per heavy atom. The second-order valence-electron chi connectivity index (χ2n) is 5.61.